The fourth-order valence-electron chi connectivity index (χ4n) is 1.83. The van der Waals surface area contributed by atoms with Gasteiger partial charge in [0, 0.05) is 6.42 Å². The summed E-state index contributed by atoms with van der Waals surface area (Å²) >= 11 is 0. The number of fused-ring (bicyclic) bond motifs is 1. The van der Waals surface area contributed by atoms with Crippen molar-refractivity contribution >= 4 is 11.4 Å². The molecule has 1 atom stereocenters. The van der Waals surface area contributed by atoms with Crippen molar-refractivity contribution in [2.45, 2.75) is 19.1 Å². The molecule has 0 saturated heterocycles. The van der Waals surface area contributed by atoms with Crippen LogP contribution in [-0.4, -0.2) is 37.2 Å². The van der Waals surface area contributed by atoms with Crippen LogP contribution in [0.25, 0.3) is 5.65 Å². The lowest BCUT2D eigenvalue weighted by Gasteiger charge is -2.07. The summed E-state index contributed by atoms with van der Waals surface area (Å²) in [5, 5.41) is 25.0. The number of nitrogens with zero attached hydrogens (tertiary/aromatic N) is 5. The Morgan fingerprint density at radius 1 is 1.44 bits per heavy atom. The topological polar surface area (TPSA) is 111 Å². The van der Waals surface area contributed by atoms with E-state index in [4.69, 9.17) is 15.7 Å². The minimum atomic E-state index is -0.274. The summed E-state index contributed by atoms with van der Waals surface area (Å²) in [6.45, 7) is 0.168. The van der Waals surface area contributed by atoms with Crippen molar-refractivity contribution in [1.82, 2.24) is 19.8 Å². The molecule has 0 saturated carbocycles. The molecule has 0 radical (unpaired) electrons. The maximum Gasteiger partial charge on any atom is 0.177 e. The third-order valence-corrected chi connectivity index (χ3v) is 2.77. The molecule has 18 heavy (non-hydrogen) atoms. The molecule has 1 aliphatic rings. The standard InChI is InChI=1S/C10H12N6O2/c11-4-10-13-12-9-2-1-7(14-16(9)10)8-3-6(5-17)15-18-8/h1-2,8,17H,3-5,11H2. The van der Waals surface area contributed by atoms with E-state index in [-0.39, 0.29) is 19.3 Å². The highest BCUT2D eigenvalue weighted by Crippen LogP contribution is 2.25. The highest BCUT2D eigenvalue weighted by molar-refractivity contribution is 5.86. The van der Waals surface area contributed by atoms with Crippen LogP contribution in [0.3, 0.4) is 0 Å². The largest absolute Gasteiger partial charge is 0.390 e. The summed E-state index contributed by atoms with van der Waals surface area (Å²) in [5.74, 6) is 0.591. The van der Waals surface area contributed by atoms with Crippen LogP contribution in [0.1, 0.15) is 24.0 Å². The van der Waals surface area contributed by atoms with Crippen LogP contribution in [0.4, 0.5) is 0 Å². The highest BCUT2D eigenvalue weighted by Gasteiger charge is 2.24. The van der Waals surface area contributed by atoms with Gasteiger partial charge in [0.05, 0.1) is 18.9 Å². The van der Waals surface area contributed by atoms with Crippen LogP contribution >= 0.6 is 0 Å². The highest BCUT2D eigenvalue weighted by atomic mass is 16.6. The zero-order valence-electron chi connectivity index (χ0n) is 9.52. The molecule has 3 rings (SSSR count). The van der Waals surface area contributed by atoms with Gasteiger partial charge in [-0.25, -0.2) is 0 Å². The molecule has 3 heterocycles. The first kappa shape index (κ1) is 11.1. The monoisotopic (exact) mass is 248 g/mol. The Balaban J connectivity index is 1.94. The van der Waals surface area contributed by atoms with Crippen molar-refractivity contribution in [2.24, 2.45) is 10.9 Å². The number of aliphatic hydroxyl groups excluding tert-OH is 1. The van der Waals surface area contributed by atoms with Crippen molar-refractivity contribution in [1.29, 1.82) is 0 Å². The van der Waals surface area contributed by atoms with Gasteiger partial charge in [0.25, 0.3) is 0 Å². The molecule has 2 aromatic rings. The fraction of sp³-hybridized carbons (Fsp3) is 0.400. The van der Waals surface area contributed by atoms with Crippen LogP contribution in [0.2, 0.25) is 0 Å². The lowest BCUT2D eigenvalue weighted by atomic mass is 10.1. The van der Waals surface area contributed by atoms with Crippen LogP contribution in [0.15, 0.2) is 17.3 Å². The van der Waals surface area contributed by atoms with Gasteiger partial charge in [-0.3, -0.25) is 0 Å². The van der Waals surface area contributed by atoms with Gasteiger partial charge in [-0.2, -0.15) is 9.61 Å². The smallest absolute Gasteiger partial charge is 0.177 e. The number of hydrogen-bond acceptors (Lipinski definition) is 7. The summed E-state index contributed by atoms with van der Waals surface area (Å²) in [6.07, 6.45) is 0.263. The molecular weight excluding hydrogens is 236 g/mol. The van der Waals surface area contributed by atoms with Gasteiger partial charge in [-0.05, 0) is 12.1 Å². The molecule has 8 nitrogen and oxygen atoms in total. The second-order valence-corrected chi connectivity index (χ2v) is 3.96. The van der Waals surface area contributed by atoms with Crippen LogP contribution < -0.4 is 5.73 Å². The Bertz CT molecular complexity index is 607. The number of hydrogen-bond donors (Lipinski definition) is 2. The number of oxime groups is 1. The van der Waals surface area contributed by atoms with Gasteiger partial charge >= 0.3 is 0 Å². The molecule has 0 amide bonds. The van der Waals surface area contributed by atoms with E-state index >= 15 is 0 Å². The van der Waals surface area contributed by atoms with E-state index in [9.17, 15) is 0 Å². The van der Waals surface area contributed by atoms with Gasteiger partial charge < -0.3 is 15.7 Å². The molecule has 0 aliphatic carbocycles. The first-order valence-corrected chi connectivity index (χ1v) is 5.55. The molecule has 1 unspecified atom stereocenters. The number of aromatic nitrogens is 4. The van der Waals surface area contributed by atoms with E-state index in [2.05, 4.69) is 20.5 Å². The second-order valence-electron chi connectivity index (χ2n) is 3.96. The third-order valence-electron chi connectivity index (χ3n) is 2.77. The van der Waals surface area contributed by atoms with Crippen molar-refractivity contribution in [3.8, 4) is 0 Å². The number of nitrogens with two attached hydrogens (primary N) is 1. The average Bonchev–Trinajstić information content (AvgIpc) is 3.04. The van der Waals surface area contributed by atoms with E-state index in [1.807, 2.05) is 6.07 Å². The molecule has 3 N–H and O–H groups in total. The normalized spacial score (nSPS) is 19.0. The van der Waals surface area contributed by atoms with Gasteiger partial charge in [-0.1, -0.05) is 5.16 Å². The van der Waals surface area contributed by atoms with E-state index in [1.54, 1.807) is 10.6 Å². The van der Waals surface area contributed by atoms with Crippen LogP contribution in [0, 0.1) is 0 Å². The van der Waals surface area contributed by atoms with Gasteiger partial charge in [0.15, 0.2) is 17.6 Å². The summed E-state index contributed by atoms with van der Waals surface area (Å²) < 4.78 is 1.59. The maximum atomic E-state index is 8.98. The number of aliphatic hydroxyl groups is 1. The molecular formula is C10H12N6O2. The second kappa shape index (κ2) is 4.31. The van der Waals surface area contributed by atoms with E-state index in [0.717, 1.165) is 0 Å². The van der Waals surface area contributed by atoms with E-state index in [1.165, 1.54) is 0 Å². The fourth-order valence-corrected chi connectivity index (χ4v) is 1.83. The minimum absolute atomic E-state index is 0.0978. The van der Waals surface area contributed by atoms with Crippen LogP contribution in [-0.2, 0) is 11.4 Å². The lowest BCUT2D eigenvalue weighted by Crippen LogP contribution is -2.10. The number of rotatable bonds is 3. The van der Waals surface area contributed by atoms with Crippen molar-refractivity contribution in [2.75, 3.05) is 6.61 Å². The predicted octanol–water partition coefficient (Wildman–Crippen LogP) is -0.607. The first-order valence-electron chi connectivity index (χ1n) is 5.55. The summed E-state index contributed by atoms with van der Waals surface area (Å²) in [7, 11) is 0. The Morgan fingerprint density at radius 3 is 3.06 bits per heavy atom. The lowest BCUT2D eigenvalue weighted by molar-refractivity contribution is 0.0816. The van der Waals surface area contributed by atoms with Gasteiger partial charge in [0.1, 0.15) is 5.69 Å². The average molecular weight is 248 g/mol. The molecule has 0 bridgehead atoms. The maximum absolute atomic E-state index is 8.98. The predicted molar refractivity (Wildman–Crippen MR) is 61.6 cm³/mol. The van der Waals surface area contributed by atoms with Crippen molar-refractivity contribution in [3.63, 3.8) is 0 Å². The molecule has 94 valence electrons. The van der Waals surface area contributed by atoms with Gasteiger partial charge in [-0.15, -0.1) is 10.2 Å². The molecule has 1 aliphatic heterocycles. The molecule has 0 aromatic carbocycles. The quantitative estimate of drug-likeness (QED) is 0.749. The molecule has 8 heteroatoms. The summed E-state index contributed by atoms with van der Waals surface area (Å²) in [6, 6.07) is 3.61. The molecule has 2 aromatic heterocycles. The SMILES string of the molecule is NCc1nnc2ccc(C3CC(CO)=NO3)nn12. The van der Waals surface area contributed by atoms with E-state index in [0.29, 0.717) is 29.3 Å². The molecule has 0 spiro atoms. The third kappa shape index (κ3) is 1.71. The minimum Gasteiger partial charge on any atom is -0.390 e. The Hall–Kier alpha value is -2.06. The zero-order chi connectivity index (χ0) is 12.5. The summed E-state index contributed by atoms with van der Waals surface area (Å²) in [5.41, 5.74) is 7.52. The Kier molecular flexibility index (Phi) is 2.65. The van der Waals surface area contributed by atoms with Crippen molar-refractivity contribution in [3.05, 3.63) is 23.7 Å². The Labute approximate surface area is 102 Å². The summed E-state index contributed by atoms with van der Waals surface area (Å²) in [4.78, 5) is 5.22. The first-order chi connectivity index (χ1) is 8.81. The van der Waals surface area contributed by atoms with E-state index < -0.39 is 0 Å². The van der Waals surface area contributed by atoms with Crippen molar-refractivity contribution < 1.29 is 9.94 Å². The van der Waals surface area contributed by atoms with Crippen LogP contribution in [0.5, 0.6) is 0 Å². The molecule has 0 fully saturated rings. The Morgan fingerprint density at radius 2 is 2.33 bits per heavy atom. The van der Waals surface area contributed by atoms with Gasteiger partial charge in [0.2, 0.25) is 0 Å². The zero-order valence-corrected chi connectivity index (χ0v) is 9.52.